The Labute approximate surface area is 326 Å². The van der Waals surface area contributed by atoms with Crippen molar-refractivity contribution in [3.8, 4) is 0 Å². The van der Waals surface area contributed by atoms with Gasteiger partial charge < -0.3 is 40.0 Å². The summed E-state index contributed by atoms with van der Waals surface area (Å²) in [6.07, 6.45) is 3.32. The third-order valence-electron chi connectivity index (χ3n) is 9.85. The maximum atomic E-state index is 13.9. The molecule has 1 heterocycles. The minimum atomic E-state index is -0.565. The van der Waals surface area contributed by atoms with Crippen LogP contribution in [-0.4, -0.2) is 125 Å². The minimum absolute atomic E-state index is 0.0285. The van der Waals surface area contributed by atoms with Crippen LogP contribution in [0.4, 0.5) is 0 Å². The molecule has 310 valence electrons. The summed E-state index contributed by atoms with van der Waals surface area (Å²) in [5.74, 6) is -1.06. The number of amides is 4. The molecule has 1 aliphatic heterocycles. The van der Waals surface area contributed by atoms with Gasteiger partial charge in [-0.1, -0.05) is 91.6 Å². The highest BCUT2D eigenvalue weighted by atomic mass is 16.5. The highest BCUT2D eigenvalue weighted by Crippen LogP contribution is 2.29. The van der Waals surface area contributed by atoms with E-state index in [-0.39, 0.29) is 60.5 Å². The van der Waals surface area contributed by atoms with E-state index in [1.54, 1.807) is 33.2 Å². The van der Waals surface area contributed by atoms with Gasteiger partial charge >= 0.3 is 0 Å². The fraction of sp³-hybridized carbons (Fsp3) is 0.732. The SMILES string of the molecule is CCC.CCC(C)C(C(CC(=O)N1CCCC1C(OC)C(C)C(=O)NC(C)Cc1ccccc1)OC)N(C)C(=O)CNC(=O)C(NC)C(C)C.COC=O. The number of nitrogens with one attached hydrogen (secondary N) is 3. The summed E-state index contributed by atoms with van der Waals surface area (Å²) in [5.41, 5.74) is 1.15. The molecule has 4 amide bonds. The van der Waals surface area contributed by atoms with Crippen LogP contribution in [0.1, 0.15) is 93.1 Å². The van der Waals surface area contributed by atoms with E-state index >= 15 is 0 Å². The number of likely N-dealkylation sites (N-methyl/N-ethyl adjacent to an activating group) is 2. The Morgan fingerprint density at radius 2 is 1.56 bits per heavy atom. The lowest BCUT2D eigenvalue weighted by molar-refractivity contribution is -0.145. The number of ether oxygens (including phenoxy) is 3. The van der Waals surface area contributed by atoms with Crippen LogP contribution in [0.15, 0.2) is 30.3 Å². The van der Waals surface area contributed by atoms with Gasteiger partial charge in [0.15, 0.2) is 0 Å². The lowest BCUT2D eigenvalue weighted by atomic mass is 9.90. The van der Waals surface area contributed by atoms with Gasteiger partial charge in [-0.05, 0) is 50.6 Å². The first-order valence-corrected chi connectivity index (χ1v) is 19.5. The van der Waals surface area contributed by atoms with Crippen LogP contribution in [0.25, 0.3) is 0 Å². The number of carbonyl (C=O) groups excluding carboxylic acids is 5. The topological polar surface area (TPSA) is 156 Å². The fourth-order valence-corrected chi connectivity index (χ4v) is 6.88. The van der Waals surface area contributed by atoms with E-state index in [0.717, 1.165) is 31.2 Å². The molecule has 8 atom stereocenters. The van der Waals surface area contributed by atoms with Crippen LogP contribution < -0.4 is 16.0 Å². The Morgan fingerprint density at radius 3 is 2.04 bits per heavy atom. The van der Waals surface area contributed by atoms with Gasteiger partial charge in [0.05, 0.1) is 56.3 Å². The van der Waals surface area contributed by atoms with Crippen molar-refractivity contribution in [1.29, 1.82) is 0 Å². The summed E-state index contributed by atoms with van der Waals surface area (Å²) in [6.45, 7) is 16.9. The second-order valence-electron chi connectivity index (χ2n) is 14.5. The smallest absolute Gasteiger partial charge is 0.292 e. The molecule has 0 bridgehead atoms. The second kappa shape index (κ2) is 27.9. The molecule has 2 rings (SSSR count). The van der Waals surface area contributed by atoms with Crippen LogP contribution in [0.3, 0.4) is 0 Å². The number of hydrogen-bond donors (Lipinski definition) is 3. The van der Waals surface area contributed by atoms with Crippen molar-refractivity contribution in [3.05, 3.63) is 35.9 Å². The summed E-state index contributed by atoms with van der Waals surface area (Å²) >= 11 is 0. The lowest BCUT2D eigenvalue weighted by Gasteiger charge is -2.39. The molecule has 0 radical (unpaired) electrons. The Bertz CT molecular complexity index is 1220. The van der Waals surface area contributed by atoms with E-state index in [1.807, 2.05) is 76.8 Å². The third-order valence-corrected chi connectivity index (χ3v) is 9.85. The molecule has 1 fully saturated rings. The molecular weight excluding hydrogens is 690 g/mol. The van der Waals surface area contributed by atoms with E-state index in [2.05, 4.69) is 34.5 Å². The van der Waals surface area contributed by atoms with E-state index < -0.39 is 30.2 Å². The zero-order valence-electron chi connectivity index (χ0n) is 35.5. The Kier molecular flexibility index (Phi) is 26.1. The molecule has 1 aromatic carbocycles. The molecule has 1 aromatic rings. The number of nitrogens with zero attached hydrogens (tertiary/aromatic N) is 2. The number of carbonyl (C=O) groups is 5. The van der Waals surface area contributed by atoms with Crippen LogP contribution in [0.5, 0.6) is 0 Å². The van der Waals surface area contributed by atoms with Crippen molar-refractivity contribution in [1.82, 2.24) is 25.8 Å². The predicted octanol–water partition coefficient (Wildman–Crippen LogP) is 4.22. The van der Waals surface area contributed by atoms with Gasteiger partial charge in [-0.2, -0.15) is 0 Å². The predicted molar refractivity (Wildman–Crippen MR) is 214 cm³/mol. The molecule has 3 N–H and O–H groups in total. The molecule has 1 saturated heterocycles. The molecule has 0 aromatic heterocycles. The monoisotopic (exact) mass is 764 g/mol. The summed E-state index contributed by atoms with van der Waals surface area (Å²) in [4.78, 5) is 65.7. The zero-order valence-corrected chi connectivity index (χ0v) is 35.5. The summed E-state index contributed by atoms with van der Waals surface area (Å²) in [6, 6.07) is 8.93. The molecule has 0 spiro atoms. The average molecular weight is 764 g/mol. The van der Waals surface area contributed by atoms with Crippen molar-refractivity contribution in [2.75, 3.05) is 48.5 Å². The second-order valence-corrected chi connectivity index (χ2v) is 14.5. The van der Waals surface area contributed by atoms with E-state index in [1.165, 1.54) is 13.5 Å². The third kappa shape index (κ3) is 16.9. The number of rotatable bonds is 20. The molecular formula is C41H73N5O8. The number of likely N-dealkylation sites (tertiary alicyclic amines) is 1. The van der Waals surface area contributed by atoms with Gasteiger partial charge in [0.25, 0.3) is 6.47 Å². The van der Waals surface area contributed by atoms with Gasteiger partial charge in [0.2, 0.25) is 23.6 Å². The van der Waals surface area contributed by atoms with Gasteiger partial charge in [0, 0.05) is 33.9 Å². The van der Waals surface area contributed by atoms with E-state index in [0.29, 0.717) is 13.0 Å². The number of hydrogen-bond acceptors (Lipinski definition) is 9. The van der Waals surface area contributed by atoms with Crippen molar-refractivity contribution in [3.63, 3.8) is 0 Å². The molecule has 0 saturated carbocycles. The summed E-state index contributed by atoms with van der Waals surface area (Å²) in [7, 11) is 7.90. The molecule has 54 heavy (non-hydrogen) atoms. The standard InChI is InChI=1S/C36H61N5O6.C3H8.C2H4O2/c1-11-24(4)33(40(8)31(43)22-38-36(45)32(37-7)23(2)3)29(46-9)21-30(42)41-19-15-18-28(41)34(47-10)26(6)35(44)39-25(5)20-27-16-13-12-14-17-27;1-3-2;1-4-2-3/h12-14,16-17,23-26,28-29,32-34,37H,11,15,18-22H2,1-10H3,(H,38,45)(H,39,44);3H2,1-2H3;2H,1H3. The summed E-state index contributed by atoms with van der Waals surface area (Å²) < 4.78 is 15.7. The van der Waals surface area contributed by atoms with E-state index in [4.69, 9.17) is 14.3 Å². The van der Waals surface area contributed by atoms with E-state index in [9.17, 15) is 19.2 Å². The van der Waals surface area contributed by atoms with Gasteiger partial charge in [-0.25, -0.2) is 0 Å². The van der Waals surface area contributed by atoms with Crippen LogP contribution in [0, 0.1) is 17.8 Å². The van der Waals surface area contributed by atoms with Gasteiger partial charge in [0.1, 0.15) is 0 Å². The highest BCUT2D eigenvalue weighted by molar-refractivity contribution is 5.87. The summed E-state index contributed by atoms with van der Waals surface area (Å²) in [5, 5.41) is 8.89. The van der Waals surface area contributed by atoms with Crippen molar-refractivity contribution in [2.24, 2.45) is 17.8 Å². The first kappa shape index (κ1) is 50.5. The average Bonchev–Trinajstić information content (AvgIpc) is 3.64. The first-order valence-electron chi connectivity index (χ1n) is 19.5. The number of methoxy groups -OCH3 is 3. The van der Waals surface area contributed by atoms with Crippen LogP contribution >= 0.6 is 0 Å². The Morgan fingerprint density at radius 1 is 0.963 bits per heavy atom. The number of benzene rings is 1. The molecule has 13 nitrogen and oxygen atoms in total. The minimum Gasteiger partial charge on any atom is -0.471 e. The molecule has 13 heteroatoms. The van der Waals surface area contributed by atoms with Crippen LogP contribution in [-0.2, 0) is 44.6 Å². The van der Waals surface area contributed by atoms with Gasteiger partial charge in [-0.3, -0.25) is 24.0 Å². The van der Waals surface area contributed by atoms with Crippen molar-refractivity contribution < 1.29 is 38.2 Å². The normalized spacial score (nSPS) is 17.5. The highest BCUT2D eigenvalue weighted by Gasteiger charge is 2.42. The Balaban J connectivity index is 0.00000369. The van der Waals surface area contributed by atoms with Crippen molar-refractivity contribution in [2.45, 2.75) is 130 Å². The molecule has 8 unspecified atom stereocenters. The van der Waals surface area contributed by atoms with Gasteiger partial charge in [-0.15, -0.1) is 0 Å². The zero-order chi connectivity index (χ0) is 41.4. The molecule has 1 aliphatic rings. The first-order chi connectivity index (χ1) is 25.6. The fourth-order valence-electron chi connectivity index (χ4n) is 6.88. The van der Waals surface area contributed by atoms with Crippen molar-refractivity contribution >= 4 is 30.1 Å². The maximum Gasteiger partial charge on any atom is 0.292 e. The van der Waals surface area contributed by atoms with Crippen LogP contribution in [0.2, 0.25) is 0 Å². The largest absolute Gasteiger partial charge is 0.471 e. The Hall–Kier alpha value is -3.55. The maximum absolute atomic E-state index is 13.9. The molecule has 0 aliphatic carbocycles. The lowest BCUT2D eigenvalue weighted by Crippen LogP contribution is -2.55. The quantitative estimate of drug-likeness (QED) is 0.166.